The molecule has 5 N–H and O–H groups in total. The van der Waals surface area contributed by atoms with Crippen molar-refractivity contribution in [3.05, 3.63) is 4.88 Å². The number of methoxy groups -OCH3 is 1. The van der Waals surface area contributed by atoms with E-state index in [4.69, 9.17) is 20.9 Å². The lowest BCUT2D eigenvalue weighted by molar-refractivity contribution is 0.0900. The maximum absolute atomic E-state index is 11.3. The van der Waals surface area contributed by atoms with Gasteiger partial charge in [-0.15, -0.1) is 11.3 Å². The molecular weight excluding hydrogens is 278 g/mol. The molecule has 1 aromatic heterocycles. The molecule has 1 saturated heterocycles. The van der Waals surface area contributed by atoms with Gasteiger partial charge in [-0.1, -0.05) is 6.92 Å². The molecule has 1 amide bonds. The van der Waals surface area contributed by atoms with Gasteiger partial charge in [-0.2, -0.15) is 0 Å². The van der Waals surface area contributed by atoms with Crippen LogP contribution in [0.3, 0.4) is 0 Å². The summed E-state index contributed by atoms with van der Waals surface area (Å²) in [7, 11) is 1.53. The second-order valence-corrected chi connectivity index (χ2v) is 5.84. The Bertz CT molecular complexity index is 489. The average molecular weight is 299 g/mol. The summed E-state index contributed by atoms with van der Waals surface area (Å²) in [6.45, 7) is 3.70. The molecule has 0 aliphatic carbocycles. The number of rotatable bonds is 6. The lowest BCUT2D eigenvalue weighted by Gasteiger charge is -2.17. The van der Waals surface area contributed by atoms with Gasteiger partial charge in [0.2, 0.25) is 0 Å². The molecule has 1 aliphatic rings. The molecule has 0 aromatic carbocycles. The lowest BCUT2D eigenvalue weighted by Crippen LogP contribution is -2.22. The maximum Gasteiger partial charge on any atom is 0.261 e. The summed E-state index contributed by atoms with van der Waals surface area (Å²) in [5.41, 5.74) is 11.5. The summed E-state index contributed by atoms with van der Waals surface area (Å²) < 4.78 is 10.9. The summed E-state index contributed by atoms with van der Waals surface area (Å²) in [5.74, 6) is 0.426. The second-order valence-electron chi connectivity index (χ2n) is 4.82. The van der Waals surface area contributed by atoms with E-state index in [1.807, 2.05) is 0 Å². The van der Waals surface area contributed by atoms with Crippen LogP contribution in [0.4, 0.5) is 10.7 Å². The first kappa shape index (κ1) is 14.9. The summed E-state index contributed by atoms with van der Waals surface area (Å²) in [6.07, 6.45) is 2.33. The van der Waals surface area contributed by atoms with E-state index in [0.717, 1.165) is 31.0 Å². The largest absolute Gasteiger partial charge is 0.492 e. The predicted octanol–water partition coefficient (Wildman–Crippen LogP) is 1.66. The van der Waals surface area contributed by atoms with Crippen LogP contribution in [0, 0.1) is 5.92 Å². The Morgan fingerprint density at radius 1 is 1.60 bits per heavy atom. The molecule has 0 bridgehead atoms. The number of nitrogen functional groups attached to an aromatic ring is 1. The molecule has 112 valence electrons. The first-order valence-corrected chi connectivity index (χ1v) is 7.51. The van der Waals surface area contributed by atoms with Crippen molar-refractivity contribution in [1.29, 1.82) is 0 Å². The Hall–Kier alpha value is -1.47. The smallest absolute Gasteiger partial charge is 0.261 e. The van der Waals surface area contributed by atoms with Gasteiger partial charge in [0.15, 0.2) is 5.75 Å². The van der Waals surface area contributed by atoms with Crippen molar-refractivity contribution >= 4 is 27.9 Å². The van der Waals surface area contributed by atoms with Crippen LogP contribution in [0.1, 0.15) is 29.4 Å². The standard InChI is InChI=1S/C13H21N3O3S/c1-3-8-7(4-5-19-8)6-16-13-10(18-2)9(14)11(20-13)12(15)17/h7-8,16H,3-6,14H2,1-2H3,(H2,15,17). The van der Waals surface area contributed by atoms with Crippen molar-refractivity contribution < 1.29 is 14.3 Å². The van der Waals surface area contributed by atoms with E-state index in [-0.39, 0.29) is 0 Å². The quantitative estimate of drug-likeness (QED) is 0.742. The molecule has 2 unspecified atom stereocenters. The first-order chi connectivity index (χ1) is 9.58. The van der Waals surface area contributed by atoms with Crippen molar-refractivity contribution in [2.75, 3.05) is 31.3 Å². The predicted molar refractivity (Wildman–Crippen MR) is 80.4 cm³/mol. The van der Waals surface area contributed by atoms with Crippen molar-refractivity contribution in [3.63, 3.8) is 0 Å². The van der Waals surface area contributed by atoms with Crippen LogP contribution < -0.4 is 21.5 Å². The number of amides is 1. The maximum atomic E-state index is 11.3. The molecule has 2 heterocycles. The number of nitrogens with one attached hydrogen (secondary N) is 1. The molecule has 0 radical (unpaired) electrons. The number of carbonyl (C=O) groups excluding carboxylic acids is 1. The Morgan fingerprint density at radius 3 is 2.95 bits per heavy atom. The highest BCUT2D eigenvalue weighted by atomic mass is 32.1. The second kappa shape index (κ2) is 6.32. The van der Waals surface area contributed by atoms with Gasteiger partial charge in [-0.25, -0.2) is 0 Å². The topological polar surface area (TPSA) is 99.6 Å². The van der Waals surface area contributed by atoms with Crippen LogP contribution in [0.5, 0.6) is 5.75 Å². The summed E-state index contributed by atoms with van der Waals surface area (Å²) in [6, 6.07) is 0. The Balaban J connectivity index is 2.09. The summed E-state index contributed by atoms with van der Waals surface area (Å²) in [5, 5.41) is 4.06. The molecule has 1 aliphatic heterocycles. The Kier molecular flexibility index (Phi) is 4.72. The molecule has 2 rings (SSSR count). The van der Waals surface area contributed by atoms with E-state index in [0.29, 0.717) is 28.3 Å². The van der Waals surface area contributed by atoms with Crippen LogP contribution in [0.25, 0.3) is 0 Å². The van der Waals surface area contributed by atoms with E-state index >= 15 is 0 Å². The highest BCUT2D eigenvalue weighted by Gasteiger charge is 2.27. The summed E-state index contributed by atoms with van der Waals surface area (Å²) in [4.78, 5) is 11.6. The van der Waals surface area contributed by atoms with Gasteiger partial charge in [-0.05, 0) is 12.8 Å². The molecule has 0 spiro atoms. The highest BCUT2D eigenvalue weighted by molar-refractivity contribution is 7.19. The third-order valence-corrected chi connectivity index (χ3v) is 4.76. The van der Waals surface area contributed by atoms with Crippen LogP contribution in [-0.2, 0) is 4.74 Å². The monoisotopic (exact) mass is 299 g/mol. The van der Waals surface area contributed by atoms with Gasteiger partial charge in [-0.3, -0.25) is 4.79 Å². The van der Waals surface area contributed by atoms with Crippen LogP contribution in [0.15, 0.2) is 0 Å². The van der Waals surface area contributed by atoms with Crippen molar-refractivity contribution in [3.8, 4) is 5.75 Å². The van der Waals surface area contributed by atoms with Crippen molar-refractivity contribution in [2.45, 2.75) is 25.9 Å². The lowest BCUT2D eigenvalue weighted by atomic mass is 10.00. The molecule has 2 atom stereocenters. The van der Waals surface area contributed by atoms with Gasteiger partial charge < -0.3 is 26.3 Å². The van der Waals surface area contributed by atoms with E-state index in [2.05, 4.69) is 12.2 Å². The number of thiophene rings is 1. The third kappa shape index (κ3) is 2.83. The van der Waals surface area contributed by atoms with Gasteiger partial charge in [0.05, 0.1) is 13.2 Å². The number of ether oxygens (including phenoxy) is 2. The number of carbonyl (C=O) groups is 1. The Labute approximate surface area is 122 Å². The van der Waals surface area contributed by atoms with Crippen LogP contribution in [-0.4, -0.2) is 32.3 Å². The highest BCUT2D eigenvalue weighted by Crippen LogP contribution is 2.42. The Morgan fingerprint density at radius 2 is 2.35 bits per heavy atom. The van der Waals surface area contributed by atoms with Crippen molar-refractivity contribution in [1.82, 2.24) is 0 Å². The van der Waals surface area contributed by atoms with E-state index in [9.17, 15) is 4.79 Å². The molecule has 1 fully saturated rings. The number of hydrogen-bond acceptors (Lipinski definition) is 6. The molecule has 7 heteroatoms. The van der Waals surface area contributed by atoms with Gasteiger partial charge in [0, 0.05) is 19.1 Å². The minimum atomic E-state index is -0.533. The number of hydrogen-bond donors (Lipinski definition) is 3. The number of primary amides is 1. The first-order valence-electron chi connectivity index (χ1n) is 6.70. The van der Waals surface area contributed by atoms with Gasteiger partial charge in [0.25, 0.3) is 5.91 Å². The molecule has 0 saturated carbocycles. The fourth-order valence-corrected chi connectivity index (χ4v) is 3.48. The zero-order valence-electron chi connectivity index (χ0n) is 11.8. The zero-order valence-corrected chi connectivity index (χ0v) is 12.6. The molecular formula is C13H21N3O3S. The van der Waals surface area contributed by atoms with Gasteiger partial charge >= 0.3 is 0 Å². The normalized spacial score (nSPS) is 21.9. The van der Waals surface area contributed by atoms with Crippen LogP contribution >= 0.6 is 11.3 Å². The SMILES string of the molecule is CCC1OCCC1CNc1sc(C(N)=O)c(N)c1OC. The fourth-order valence-electron chi connectivity index (χ4n) is 2.53. The zero-order chi connectivity index (χ0) is 14.7. The number of anilines is 2. The van der Waals surface area contributed by atoms with E-state index < -0.39 is 5.91 Å². The molecule has 6 nitrogen and oxygen atoms in total. The fraction of sp³-hybridized carbons (Fsp3) is 0.615. The minimum absolute atomic E-state index is 0.293. The number of nitrogens with two attached hydrogens (primary N) is 2. The molecule has 1 aromatic rings. The van der Waals surface area contributed by atoms with E-state index in [1.54, 1.807) is 0 Å². The minimum Gasteiger partial charge on any atom is -0.492 e. The van der Waals surface area contributed by atoms with E-state index in [1.165, 1.54) is 18.4 Å². The van der Waals surface area contributed by atoms with Crippen molar-refractivity contribution in [2.24, 2.45) is 11.7 Å². The third-order valence-electron chi connectivity index (χ3n) is 3.60. The molecule has 20 heavy (non-hydrogen) atoms. The van der Waals surface area contributed by atoms with Crippen LogP contribution in [0.2, 0.25) is 0 Å². The average Bonchev–Trinajstić information content (AvgIpc) is 2.99. The summed E-state index contributed by atoms with van der Waals surface area (Å²) >= 11 is 1.23. The van der Waals surface area contributed by atoms with Gasteiger partial charge in [0.1, 0.15) is 15.6 Å².